The van der Waals surface area contributed by atoms with E-state index in [1.165, 1.54) is 0 Å². The Morgan fingerprint density at radius 2 is 2.05 bits per heavy atom. The number of rotatable bonds is 3. The summed E-state index contributed by atoms with van der Waals surface area (Å²) in [4.78, 5) is 23.4. The van der Waals surface area contributed by atoms with Crippen LogP contribution in [0.2, 0.25) is 5.02 Å². The fourth-order valence-corrected chi connectivity index (χ4v) is 2.17. The van der Waals surface area contributed by atoms with Gasteiger partial charge in [0.15, 0.2) is 0 Å². The standard InChI is InChI=1S/C14H17ClN2O3/c1-9-3-4-10(15)7-11(9)17-13(19)12(18)16-8-14(20)5-2-6-14/h3-4,7,20H,2,5-6,8H2,1H3,(H,16,18)(H,17,19). The normalized spacial score (nSPS) is 16.1. The third-order valence-corrected chi connectivity index (χ3v) is 3.75. The molecule has 0 spiro atoms. The highest BCUT2D eigenvalue weighted by Crippen LogP contribution is 2.30. The van der Waals surface area contributed by atoms with Gasteiger partial charge in [-0.05, 0) is 43.9 Å². The average Bonchev–Trinajstić information content (AvgIpc) is 2.38. The number of carbonyl (C=O) groups is 2. The minimum Gasteiger partial charge on any atom is -0.388 e. The fourth-order valence-electron chi connectivity index (χ4n) is 1.99. The predicted molar refractivity (Wildman–Crippen MR) is 76.6 cm³/mol. The number of aryl methyl sites for hydroxylation is 1. The predicted octanol–water partition coefficient (Wildman–Crippen LogP) is 1.62. The van der Waals surface area contributed by atoms with Gasteiger partial charge >= 0.3 is 11.8 Å². The van der Waals surface area contributed by atoms with E-state index in [2.05, 4.69) is 10.6 Å². The van der Waals surface area contributed by atoms with E-state index in [9.17, 15) is 14.7 Å². The Balaban J connectivity index is 1.90. The fraction of sp³-hybridized carbons (Fsp3) is 0.429. The number of benzene rings is 1. The molecule has 1 aliphatic rings. The molecule has 0 aromatic heterocycles. The summed E-state index contributed by atoms with van der Waals surface area (Å²) in [5.74, 6) is -1.53. The van der Waals surface area contributed by atoms with E-state index < -0.39 is 17.4 Å². The molecule has 5 nitrogen and oxygen atoms in total. The van der Waals surface area contributed by atoms with Crippen molar-refractivity contribution in [3.05, 3.63) is 28.8 Å². The van der Waals surface area contributed by atoms with Gasteiger partial charge in [-0.3, -0.25) is 9.59 Å². The Kier molecular flexibility index (Phi) is 4.30. The molecular weight excluding hydrogens is 280 g/mol. The molecule has 1 fully saturated rings. The third-order valence-electron chi connectivity index (χ3n) is 3.52. The maximum absolute atomic E-state index is 11.8. The van der Waals surface area contributed by atoms with E-state index in [0.717, 1.165) is 12.0 Å². The second kappa shape index (κ2) is 5.81. The first-order valence-corrected chi connectivity index (χ1v) is 6.85. The van der Waals surface area contributed by atoms with Crippen LogP contribution in [0.25, 0.3) is 0 Å². The lowest BCUT2D eigenvalue weighted by molar-refractivity contribution is -0.137. The van der Waals surface area contributed by atoms with Crippen LogP contribution >= 0.6 is 11.6 Å². The highest BCUT2D eigenvalue weighted by molar-refractivity contribution is 6.40. The van der Waals surface area contributed by atoms with Crippen molar-refractivity contribution >= 4 is 29.1 Å². The quantitative estimate of drug-likeness (QED) is 0.742. The molecule has 0 unspecified atom stereocenters. The molecule has 20 heavy (non-hydrogen) atoms. The lowest BCUT2D eigenvalue weighted by Gasteiger charge is -2.36. The smallest absolute Gasteiger partial charge is 0.313 e. The highest BCUT2D eigenvalue weighted by atomic mass is 35.5. The summed E-state index contributed by atoms with van der Waals surface area (Å²) in [5, 5.41) is 15.3. The second-order valence-corrected chi connectivity index (χ2v) is 5.61. The van der Waals surface area contributed by atoms with Gasteiger partial charge in [0.05, 0.1) is 5.60 Å². The van der Waals surface area contributed by atoms with Crippen LogP contribution in [0.4, 0.5) is 5.69 Å². The van der Waals surface area contributed by atoms with E-state index in [1.54, 1.807) is 25.1 Å². The number of hydrogen-bond acceptors (Lipinski definition) is 3. The zero-order valence-corrected chi connectivity index (χ0v) is 12.0. The van der Waals surface area contributed by atoms with Gasteiger partial charge in [-0.15, -0.1) is 0 Å². The maximum atomic E-state index is 11.8. The van der Waals surface area contributed by atoms with E-state index in [4.69, 9.17) is 11.6 Å². The summed E-state index contributed by atoms with van der Waals surface area (Å²) in [6.07, 6.45) is 2.25. The van der Waals surface area contributed by atoms with Crippen molar-refractivity contribution in [3.8, 4) is 0 Å². The Labute approximate surface area is 122 Å². The zero-order chi connectivity index (χ0) is 14.8. The van der Waals surface area contributed by atoms with Crippen molar-refractivity contribution in [3.63, 3.8) is 0 Å². The molecule has 1 aromatic rings. The number of hydrogen-bond donors (Lipinski definition) is 3. The highest BCUT2D eigenvalue weighted by Gasteiger charge is 2.35. The molecule has 1 aromatic carbocycles. The molecule has 3 N–H and O–H groups in total. The molecule has 1 saturated carbocycles. The van der Waals surface area contributed by atoms with Gasteiger partial charge in [0.1, 0.15) is 0 Å². The Morgan fingerprint density at radius 3 is 2.65 bits per heavy atom. The topological polar surface area (TPSA) is 78.4 Å². The molecule has 108 valence electrons. The van der Waals surface area contributed by atoms with Gasteiger partial charge in [0, 0.05) is 17.3 Å². The van der Waals surface area contributed by atoms with Gasteiger partial charge in [-0.1, -0.05) is 17.7 Å². The average molecular weight is 297 g/mol. The van der Waals surface area contributed by atoms with Crippen LogP contribution in [0.3, 0.4) is 0 Å². The SMILES string of the molecule is Cc1ccc(Cl)cc1NC(=O)C(=O)NCC1(O)CCC1. The molecule has 0 atom stereocenters. The number of amides is 2. The summed E-state index contributed by atoms with van der Waals surface area (Å²) in [7, 11) is 0. The molecule has 0 radical (unpaired) electrons. The van der Waals surface area contributed by atoms with Gasteiger partial charge in [-0.25, -0.2) is 0 Å². The van der Waals surface area contributed by atoms with Crippen molar-refractivity contribution in [2.24, 2.45) is 0 Å². The van der Waals surface area contributed by atoms with Gasteiger partial charge < -0.3 is 15.7 Å². The van der Waals surface area contributed by atoms with E-state index in [1.807, 2.05) is 0 Å². The number of carbonyl (C=O) groups excluding carboxylic acids is 2. The van der Waals surface area contributed by atoms with Crippen molar-refractivity contribution in [1.82, 2.24) is 5.32 Å². The Bertz CT molecular complexity index is 541. The molecule has 0 aliphatic heterocycles. The summed E-state index contributed by atoms with van der Waals surface area (Å²) in [6.45, 7) is 1.91. The van der Waals surface area contributed by atoms with Crippen LogP contribution in [0.1, 0.15) is 24.8 Å². The maximum Gasteiger partial charge on any atom is 0.313 e. The van der Waals surface area contributed by atoms with Crippen LogP contribution in [0.5, 0.6) is 0 Å². The first-order chi connectivity index (χ1) is 9.39. The van der Waals surface area contributed by atoms with E-state index >= 15 is 0 Å². The Hall–Kier alpha value is -1.59. The van der Waals surface area contributed by atoms with Gasteiger partial charge in [0.25, 0.3) is 0 Å². The van der Waals surface area contributed by atoms with E-state index in [0.29, 0.717) is 23.6 Å². The number of aliphatic hydroxyl groups is 1. The molecule has 2 rings (SSSR count). The summed E-state index contributed by atoms with van der Waals surface area (Å²) in [6, 6.07) is 5.05. The summed E-state index contributed by atoms with van der Waals surface area (Å²) >= 11 is 5.84. The van der Waals surface area contributed by atoms with E-state index in [-0.39, 0.29) is 6.54 Å². The van der Waals surface area contributed by atoms with Crippen LogP contribution in [0, 0.1) is 6.92 Å². The Morgan fingerprint density at radius 1 is 1.35 bits per heavy atom. The van der Waals surface area contributed by atoms with Crippen molar-refractivity contribution in [2.45, 2.75) is 31.8 Å². The molecule has 6 heteroatoms. The van der Waals surface area contributed by atoms with Gasteiger partial charge in [0.2, 0.25) is 0 Å². The lowest BCUT2D eigenvalue weighted by atomic mass is 9.80. The number of nitrogens with one attached hydrogen (secondary N) is 2. The van der Waals surface area contributed by atoms with Crippen LogP contribution in [-0.2, 0) is 9.59 Å². The molecule has 1 aliphatic carbocycles. The summed E-state index contributed by atoms with van der Waals surface area (Å²) < 4.78 is 0. The molecular formula is C14H17ClN2O3. The van der Waals surface area contributed by atoms with Crippen LogP contribution < -0.4 is 10.6 Å². The molecule has 0 heterocycles. The molecule has 2 amide bonds. The first kappa shape index (κ1) is 14.8. The second-order valence-electron chi connectivity index (χ2n) is 5.17. The third kappa shape index (κ3) is 3.49. The zero-order valence-electron chi connectivity index (χ0n) is 11.2. The van der Waals surface area contributed by atoms with Crippen LogP contribution in [-0.4, -0.2) is 29.1 Å². The molecule has 0 saturated heterocycles. The van der Waals surface area contributed by atoms with Crippen LogP contribution in [0.15, 0.2) is 18.2 Å². The van der Waals surface area contributed by atoms with Gasteiger partial charge in [-0.2, -0.15) is 0 Å². The van der Waals surface area contributed by atoms with Crippen molar-refractivity contribution < 1.29 is 14.7 Å². The lowest BCUT2D eigenvalue weighted by Crippen LogP contribution is -2.49. The minimum atomic E-state index is -0.845. The first-order valence-electron chi connectivity index (χ1n) is 6.47. The summed E-state index contributed by atoms with van der Waals surface area (Å²) in [5.41, 5.74) is 0.468. The minimum absolute atomic E-state index is 0.105. The number of anilines is 1. The van der Waals surface area contributed by atoms with Crippen molar-refractivity contribution in [1.29, 1.82) is 0 Å². The monoisotopic (exact) mass is 296 g/mol. The molecule has 0 bridgehead atoms. The number of halogens is 1. The van der Waals surface area contributed by atoms with Crippen molar-refractivity contribution in [2.75, 3.05) is 11.9 Å². The largest absolute Gasteiger partial charge is 0.388 e.